The highest BCUT2D eigenvalue weighted by atomic mass is 16.5. The Kier molecular flexibility index (Phi) is 6.53. The molecule has 1 heterocycles. The summed E-state index contributed by atoms with van der Waals surface area (Å²) in [6, 6.07) is 10.1. The summed E-state index contributed by atoms with van der Waals surface area (Å²) >= 11 is 0. The van der Waals surface area contributed by atoms with E-state index in [4.69, 9.17) is 13.9 Å². The van der Waals surface area contributed by atoms with Crippen LogP contribution in [0.3, 0.4) is 0 Å². The number of quaternary nitrogens is 1. The van der Waals surface area contributed by atoms with E-state index in [2.05, 4.69) is 31.3 Å². The maximum atomic E-state index is 5.58. The first-order valence-corrected chi connectivity index (χ1v) is 8.21. The van der Waals surface area contributed by atoms with E-state index >= 15 is 0 Å². The number of nitrogens with two attached hydrogens (primary N) is 1. The number of ether oxygens (including phenoxy) is 2. The highest BCUT2D eigenvalue weighted by Crippen LogP contribution is 2.28. The fourth-order valence-electron chi connectivity index (χ4n) is 2.88. The molecule has 2 aromatic rings. The van der Waals surface area contributed by atoms with Gasteiger partial charge < -0.3 is 19.2 Å². The molecule has 1 aromatic carbocycles. The Morgan fingerprint density at radius 2 is 1.87 bits per heavy atom. The third-order valence-electron chi connectivity index (χ3n) is 4.22. The van der Waals surface area contributed by atoms with Gasteiger partial charge in [-0.05, 0) is 36.2 Å². The molecule has 2 rings (SSSR count). The zero-order chi connectivity index (χ0) is 16.7. The van der Waals surface area contributed by atoms with Crippen molar-refractivity contribution in [3.05, 3.63) is 47.9 Å². The second kappa shape index (κ2) is 8.63. The van der Waals surface area contributed by atoms with E-state index in [-0.39, 0.29) is 0 Å². The number of furan rings is 1. The van der Waals surface area contributed by atoms with Crippen molar-refractivity contribution in [3.8, 4) is 11.5 Å². The molecule has 0 spiro atoms. The molecule has 0 aliphatic carbocycles. The van der Waals surface area contributed by atoms with Gasteiger partial charge in [0.05, 0.1) is 27.0 Å². The molecule has 0 radical (unpaired) electrons. The molecule has 23 heavy (non-hydrogen) atoms. The van der Waals surface area contributed by atoms with E-state index in [1.54, 1.807) is 20.5 Å². The molecular weight excluding hydrogens is 290 g/mol. The molecule has 0 aliphatic rings. The minimum absolute atomic E-state index is 0.478. The number of hydrogen-bond donors (Lipinski definition) is 1. The van der Waals surface area contributed by atoms with Crippen LogP contribution in [-0.2, 0) is 6.54 Å². The van der Waals surface area contributed by atoms with E-state index in [1.807, 2.05) is 18.2 Å². The zero-order valence-electron chi connectivity index (χ0n) is 14.5. The molecule has 126 valence electrons. The molecule has 0 saturated carbocycles. The summed E-state index contributed by atoms with van der Waals surface area (Å²) in [5.74, 6) is 3.71. The van der Waals surface area contributed by atoms with Crippen LogP contribution >= 0.6 is 0 Å². The summed E-state index contributed by atoms with van der Waals surface area (Å²) in [5, 5.41) is 2.33. The van der Waals surface area contributed by atoms with Crippen LogP contribution in [0.2, 0.25) is 0 Å². The van der Waals surface area contributed by atoms with Crippen LogP contribution in [0, 0.1) is 5.92 Å². The van der Waals surface area contributed by atoms with Crippen molar-refractivity contribution in [2.45, 2.75) is 32.7 Å². The van der Waals surface area contributed by atoms with Crippen LogP contribution < -0.4 is 14.8 Å². The number of hydrogen-bond acceptors (Lipinski definition) is 3. The van der Waals surface area contributed by atoms with Gasteiger partial charge in [0, 0.05) is 17.9 Å². The molecule has 0 fully saturated rings. The van der Waals surface area contributed by atoms with E-state index in [1.165, 1.54) is 5.56 Å². The van der Waals surface area contributed by atoms with Gasteiger partial charge >= 0.3 is 0 Å². The lowest BCUT2D eigenvalue weighted by Gasteiger charge is -2.17. The average molecular weight is 318 g/mol. The van der Waals surface area contributed by atoms with Crippen LogP contribution in [0.25, 0.3) is 0 Å². The minimum atomic E-state index is 0.478. The Labute approximate surface area is 138 Å². The Morgan fingerprint density at radius 3 is 2.48 bits per heavy atom. The lowest BCUT2D eigenvalue weighted by atomic mass is 9.90. The molecule has 0 amide bonds. The molecule has 1 aromatic heterocycles. The highest BCUT2D eigenvalue weighted by molar-refractivity contribution is 5.42. The molecule has 1 atom stereocenters. The molecule has 0 saturated heterocycles. The van der Waals surface area contributed by atoms with Gasteiger partial charge in [-0.1, -0.05) is 13.8 Å². The van der Waals surface area contributed by atoms with E-state index in [0.717, 1.165) is 36.8 Å². The summed E-state index contributed by atoms with van der Waals surface area (Å²) in [6.07, 6.45) is 2.87. The van der Waals surface area contributed by atoms with Crippen molar-refractivity contribution in [1.29, 1.82) is 0 Å². The summed E-state index contributed by atoms with van der Waals surface area (Å²) < 4.78 is 16.2. The molecule has 4 nitrogen and oxygen atoms in total. The topological polar surface area (TPSA) is 48.2 Å². The number of benzene rings is 1. The Morgan fingerprint density at radius 1 is 1.09 bits per heavy atom. The van der Waals surface area contributed by atoms with Gasteiger partial charge in [0.25, 0.3) is 0 Å². The third-order valence-corrected chi connectivity index (χ3v) is 4.22. The first-order chi connectivity index (χ1) is 11.2. The third kappa shape index (κ3) is 4.76. The van der Waals surface area contributed by atoms with Gasteiger partial charge in [0.2, 0.25) is 0 Å². The Hall–Kier alpha value is -1.94. The first-order valence-electron chi connectivity index (χ1n) is 8.21. The molecule has 0 bridgehead atoms. The number of methoxy groups -OCH3 is 2. The molecule has 2 N–H and O–H groups in total. The van der Waals surface area contributed by atoms with Gasteiger partial charge in [0.1, 0.15) is 12.3 Å². The van der Waals surface area contributed by atoms with Crippen LogP contribution in [0.1, 0.15) is 37.5 Å². The standard InChI is InChI=1S/C19H27NO3/c1-14(2)16(17-6-5-11-23-17)9-10-20-13-15-7-8-18(21-3)19(12-15)22-4/h5-8,11-12,14,16,20H,9-10,13H2,1-4H3/p+1/t16-/m0/s1. The van der Waals surface area contributed by atoms with Gasteiger partial charge in [-0.3, -0.25) is 0 Å². The van der Waals surface area contributed by atoms with Crippen molar-refractivity contribution in [3.63, 3.8) is 0 Å². The van der Waals surface area contributed by atoms with Crippen molar-refractivity contribution in [2.75, 3.05) is 20.8 Å². The second-order valence-corrected chi connectivity index (χ2v) is 6.13. The Bertz CT molecular complexity index is 578. The monoisotopic (exact) mass is 318 g/mol. The predicted octanol–water partition coefficient (Wildman–Crippen LogP) is 3.19. The van der Waals surface area contributed by atoms with Gasteiger partial charge in [0.15, 0.2) is 11.5 Å². The van der Waals surface area contributed by atoms with Crippen LogP contribution in [-0.4, -0.2) is 20.8 Å². The minimum Gasteiger partial charge on any atom is -0.493 e. The van der Waals surface area contributed by atoms with E-state index in [9.17, 15) is 0 Å². The Balaban J connectivity index is 1.85. The summed E-state index contributed by atoms with van der Waals surface area (Å²) in [7, 11) is 3.33. The predicted molar refractivity (Wildman–Crippen MR) is 90.9 cm³/mol. The van der Waals surface area contributed by atoms with Crippen molar-refractivity contribution < 1.29 is 19.2 Å². The quantitative estimate of drug-likeness (QED) is 0.722. The SMILES string of the molecule is COc1ccc(C[NH2+]CC[C@H](c2ccco2)C(C)C)cc1OC. The molecule has 0 unspecified atom stereocenters. The fourth-order valence-corrected chi connectivity index (χ4v) is 2.88. The smallest absolute Gasteiger partial charge is 0.161 e. The fraction of sp³-hybridized carbons (Fsp3) is 0.474. The van der Waals surface area contributed by atoms with Crippen molar-refractivity contribution in [1.82, 2.24) is 0 Å². The largest absolute Gasteiger partial charge is 0.493 e. The summed E-state index contributed by atoms with van der Waals surface area (Å²) in [6.45, 7) is 6.50. The van der Waals surface area contributed by atoms with Gasteiger partial charge in [-0.2, -0.15) is 0 Å². The first kappa shape index (κ1) is 17.4. The van der Waals surface area contributed by atoms with E-state index in [0.29, 0.717) is 11.8 Å². The molecular formula is C19H28NO3+. The lowest BCUT2D eigenvalue weighted by molar-refractivity contribution is -0.671. The van der Waals surface area contributed by atoms with Crippen LogP contribution in [0.5, 0.6) is 11.5 Å². The summed E-state index contributed by atoms with van der Waals surface area (Å²) in [5.41, 5.74) is 1.24. The summed E-state index contributed by atoms with van der Waals surface area (Å²) in [4.78, 5) is 0. The van der Waals surface area contributed by atoms with Gasteiger partial charge in [-0.25, -0.2) is 0 Å². The average Bonchev–Trinajstić information content (AvgIpc) is 3.08. The maximum Gasteiger partial charge on any atom is 0.161 e. The normalized spacial score (nSPS) is 12.4. The zero-order valence-corrected chi connectivity index (χ0v) is 14.5. The molecule has 4 heteroatoms. The highest BCUT2D eigenvalue weighted by Gasteiger charge is 2.18. The van der Waals surface area contributed by atoms with E-state index < -0.39 is 0 Å². The lowest BCUT2D eigenvalue weighted by Crippen LogP contribution is -2.82. The second-order valence-electron chi connectivity index (χ2n) is 6.13. The van der Waals surface area contributed by atoms with Crippen LogP contribution in [0.15, 0.2) is 41.0 Å². The van der Waals surface area contributed by atoms with Gasteiger partial charge in [-0.15, -0.1) is 0 Å². The number of rotatable bonds is 9. The van der Waals surface area contributed by atoms with Crippen molar-refractivity contribution in [2.24, 2.45) is 5.92 Å². The maximum absolute atomic E-state index is 5.58. The van der Waals surface area contributed by atoms with Crippen LogP contribution in [0.4, 0.5) is 0 Å². The van der Waals surface area contributed by atoms with Crippen molar-refractivity contribution >= 4 is 0 Å². The molecule has 0 aliphatic heterocycles.